The molecule has 15 heteroatoms. The van der Waals surface area contributed by atoms with Crippen LogP contribution in [0.3, 0.4) is 0 Å². The van der Waals surface area contributed by atoms with Crippen LogP contribution in [-0.4, -0.2) is 95.2 Å². The van der Waals surface area contributed by atoms with E-state index in [1.54, 1.807) is 67.3 Å². The van der Waals surface area contributed by atoms with Gasteiger partial charge >= 0.3 is 6.03 Å². The number of aromatic nitrogens is 5. The summed E-state index contributed by atoms with van der Waals surface area (Å²) < 4.78 is 18.7. The second kappa shape index (κ2) is 15.7. The Bertz CT molecular complexity index is 1910. The van der Waals surface area contributed by atoms with Crippen LogP contribution < -0.4 is 20.7 Å². The molecule has 3 atom stereocenters. The summed E-state index contributed by atoms with van der Waals surface area (Å²) in [5.74, 6) is 0.713. The molecule has 3 heterocycles. The molecule has 0 saturated heterocycles. The summed E-state index contributed by atoms with van der Waals surface area (Å²) in [5.41, 5.74) is 0.438. The normalized spacial score (nSPS) is 17.5. The number of pyridine rings is 1. The Morgan fingerprint density at radius 3 is 2.61 bits per heavy atom. The van der Waals surface area contributed by atoms with Crippen LogP contribution in [0.1, 0.15) is 73.2 Å². The summed E-state index contributed by atoms with van der Waals surface area (Å²) in [7, 11) is 5.17. The molecule has 51 heavy (non-hydrogen) atoms. The van der Waals surface area contributed by atoms with Crippen LogP contribution in [-0.2, 0) is 25.2 Å². The van der Waals surface area contributed by atoms with Gasteiger partial charge in [-0.1, -0.05) is 45.0 Å². The summed E-state index contributed by atoms with van der Waals surface area (Å²) in [6, 6.07) is 11.7. The zero-order valence-corrected chi connectivity index (χ0v) is 30.0. The number of nitrogens with one attached hydrogen (secondary N) is 3. The first kappa shape index (κ1) is 37.0. The first-order valence-electron chi connectivity index (χ1n) is 16.6. The van der Waals surface area contributed by atoms with E-state index in [9.17, 15) is 14.4 Å². The number of methoxy groups -OCH3 is 2. The van der Waals surface area contributed by atoms with E-state index in [1.807, 2.05) is 51.8 Å². The van der Waals surface area contributed by atoms with E-state index in [2.05, 4.69) is 36.1 Å². The second-order valence-electron chi connectivity index (χ2n) is 13.3. The van der Waals surface area contributed by atoms with Gasteiger partial charge in [-0.3, -0.25) is 19.3 Å². The molecule has 0 unspecified atom stereocenters. The van der Waals surface area contributed by atoms with Crippen molar-refractivity contribution in [3.8, 4) is 5.75 Å². The molecule has 0 radical (unpaired) electrons. The molecule has 270 valence electrons. The van der Waals surface area contributed by atoms with Gasteiger partial charge in [0.2, 0.25) is 5.82 Å². The number of fused-ring (bicyclic) bond motifs is 2. The lowest BCUT2D eigenvalue weighted by molar-refractivity contribution is -0.111. The minimum absolute atomic E-state index is 0.0845. The van der Waals surface area contributed by atoms with E-state index in [-0.39, 0.29) is 17.7 Å². The number of nitrogens with zero attached hydrogens (tertiary/aromatic N) is 6. The minimum atomic E-state index is -1.52. The van der Waals surface area contributed by atoms with Crippen LogP contribution in [0.4, 0.5) is 10.6 Å². The van der Waals surface area contributed by atoms with Crippen molar-refractivity contribution in [2.45, 2.75) is 50.9 Å². The van der Waals surface area contributed by atoms with Crippen molar-refractivity contribution in [1.29, 1.82) is 0 Å². The highest BCUT2D eigenvalue weighted by Gasteiger charge is 2.38. The fourth-order valence-electron chi connectivity index (χ4n) is 5.52. The number of aldehydes is 1. The van der Waals surface area contributed by atoms with Gasteiger partial charge in [0.15, 0.2) is 17.8 Å². The van der Waals surface area contributed by atoms with Gasteiger partial charge < -0.3 is 29.7 Å². The van der Waals surface area contributed by atoms with Crippen molar-refractivity contribution >= 4 is 29.7 Å². The molecule has 5 rings (SSSR count). The molecular weight excluding hydrogens is 654 g/mol. The SMILES string of the molecule is COCCN(C)CCNC(=O)c1nc(NC(=O)N[C@@]2(C=O)C=C[C@@H](Oc3ccc4nnc([C@H](C)OC)n4c3)c3ccccc32)cc(C(C)(C)C)n1. The first-order valence-corrected chi connectivity index (χ1v) is 16.6. The van der Waals surface area contributed by atoms with E-state index >= 15 is 0 Å². The maximum absolute atomic E-state index is 13.6. The van der Waals surface area contributed by atoms with Crippen LogP contribution in [0.15, 0.2) is 60.8 Å². The number of amides is 3. The summed E-state index contributed by atoms with van der Waals surface area (Å²) in [6.45, 7) is 9.97. The number of carbonyl (C=O) groups is 3. The third kappa shape index (κ3) is 8.56. The molecule has 1 aliphatic rings. The Morgan fingerprint density at radius 1 is 1.10 bits per heavy atom. The molecule has 0 bridgehead atoms. The van der Waals surface area contributed by atoms with Gasteiger partial charge in [0.05, 0.1) is 18.5 Å². The van der Waals surface area contributed by atoms with Gasteiger partial charge in [-0.15, -0.1) is 10.2 Å². The van der Waals surface area contributed by atoms with Gasteiger partial charge in [0.1, 0.15) is 29.3 Å². The van der Waals surface area contributed by atoms with E-state index < -0.39 is 29.0 Å². The number of ether oxygens (including phenoxy) is 3. The van der Waals surface area contributed by atoms with Gasteiger partial charge in [-0.05, 0) is 43.8 Å². The molecule has 15 nitrogen and oxygen atoms in total. The van der Waals surface area contributed by atoms with E-state index in [1.165, 1.54) is 0 Å². The summed E-state index contributed by atoms with van der Waals surface area (Å²) >= 11 is 0. The smallest absolute Gasteiger partial charge is 0.321 e. The Hall–Kier alpha value is -5.25. The van der Waals surface area contributed by atoms with Crippen molar-refractivity contribution in [2.24, 2.45) is 0 Å². The number of benzene rings is 1. The Kier molecular flexibility index (Phi) is 11.4. The molecule has 3 amide bonds. The first-order chi connectivity index (χ1) is 24.4. The third-order valence-corrected chi connectivity index (χ3v) is 8.53. The van der Waals surface area contributed by atoms with E-state index in [0.29, 0.717) is 60.0 Å². The highest BCUT2D eigenvalue weighted by atomic mass is 16.5. The van der Waals surface area contributed by atoms with Crippen molar-refractivity contribution in [2.75, 3.05) is 52.8 Å². The van der Waals surface area contributed by atoms with Crippen LogP contribution in [0.2, 0.25) is 0 Å². The lowest BCUT2D eigenvalue weighted by Gasteiger charge is -2.34. The lowest BCUT2D eigenvalue weighted by Crippen LogP contribution is -2.49. The lowest BCUT2D eigenvalue weighted by atomic mass is 9.81. The number of hydrogen-bond acceptors (Lipinski definition) is 11. The second-order valence-corrected chi connectivity index (χ2v) is 13.3. The number of anilines is 1. The zero-order chi connectivity index (χ0) is 36.8. The number of likely N-dealkylation sites (N-methyl/N-ethyl adjacent to an activating group) is 1. The molecule has 0 aliphatic heterocycles. The zero-order valence-electron chi connectivity index (χ0n) is 30.0. The number of urea groups is 1. The molecule has 0 spiro atoms. The maximum Gasteiger partial charge on any atom is 0.321 e. The van der Waals surface area contributed by atoms with E-state index in [0.717, 1.165) is 6.54 Å². The average molecular weight is 700 g/mol. The summed E-state index contributed by atoms with van der Waals surface area (Å²) in [4.78, 5) is 50.3. The van der Waals surface area contributed by atoms with Gasteiger partial charge in [0, 0.05) is 50.9 Å². The van der Waals surface area contributed by atoms with Crippen molar-refractivity contribution in [3.05, 3.63) is 89.3 Å². The van der Waals surface area contributed by atoms with Crippen LogP contribution in [0, 0.1) is 0 Å². The highest BCUT2D eigenvalue weighted by molar-refractivity contribution is 5.94. The number of hydrogen-bond donors (Lipinski definition) is 3. The fraction of sp³-hybridized carbons (Fsp3) is 0.417. The van der Waals surface area contributed by atoms with Crippen LogP contribution in [0.5, 0.6) is 5.75 Å². The van der Waals surface area contributed by atoms with Gasteiger partial charge in [-0.2, -0.15) is 0 Å². The highest BCUT2D eigenvalue weighted by Crippen LogP contribution is 2.37. The van der Waals surface area contributed by atoms with Crippen molar-refractivity contribution in [3.63, 3.8) is 0 Å². The fourth-order valence-corrected chi connectivity index (χ4v) is 5.52. The minimum Gasteiger partial charge on any atom is -0.480 e. The number of rotatable bonds is 14. The molecule has 1 aliphatic carbocycles. The monoisotopic (exact) mass is 699 g/mol. The maximum atomic E-state index is 13.6. The molecule has 4 aromatic rings. The molecule has 1 aromatic carbocycles. The van der Waals surface area contributed by atoms with Crippen LogP contribution in [0.25, 0.3) is 5.65 Å². The topological polar surface area (TPSA) is 174 Å². The Balaban J connectivity index is 1.34. The molecule has 3 aromatic heterocycles. The molecule has 0 fully saturated rings. The predicted octanol–water partition coefficient (Wildman–Crippen LogP) is 3.74. The quantitative estimate of drug-likeness (QED) is 0.129. The van der Waals surface area contributed by atoms with Crippen molar-refractivity contribution in [1.82, 2.24) is 40.1 Å². The van der Waals surface area contributed by atoms with Gasteiger partial charge in [-0.25, -0.2) is 14.8 Å². The molecule has 3 N–H and O–H groups in total. The Labute approximate surface area is 296 Å². The van der Waals surface area contributed by atoms with Gasteiger partial charge in [0.25, 0.3) is 5.91 Å². The summed E-state index contributed by atoms with van der Waals surface area (Å²) in [5, 5.41) is 16.8. The third-order valence-electron chi connectivity index (χ3n) is 8.53. The van der Waals surface area contributed by atoms with Crippen molar-refractivity contribution < 1.29 is 28.6 Å². The molecular formula is C36H45N9O6. The predicted molar refractivity (Wildman–Crippen MR) is 190 cm³/mol. The average Bonchev–Trinajstić information content (AvgIpc) is 3.54. The largest absolute Gasteiger partial charge is 0.480 e. The Morgan fingerprint density at radius 2 is 1.88 bits per heavy atom. The standard InChI is InChI=1S/C36H45N9O6/c1-23(50-7)32-43-42-30-13-12-24(21-45(30)32)51-27-14-15-36(22-46,26-11-9-8-10-25(26)27)41-34(48)40-29-20-28(35(2,3)4)38-31(39-29)33(47)37-16-17-44(5)18-19-49-6/h8-15,20-23,27H,16-19H2,1-7H3,(H,37,47)(H2,38,39,40,41,48)/t23-,27+,36+/m0/s1. The number of carbonyl (C=O) groups excluding carboxylic acids is 3. The molecule has 0 saturated carbocycles. The summed E-state index contributed by atoms with van der Waals surface area (Å²) in [6.07, 6.45) is 4.92. The van der Waals surface area contributed by atoms with E-state index in [4.69, 9.17) is 14.2 Å². The van der Waals surface area contributed by atoms with Crippen LogP contribution >= 0.6 is 0 Å².